The van der Waals surface area contributed by atoms with Crippen LogP contribution in [0.5, 0.6) is 0 Å². The maximum absolute atomic E-state index is 11.1. The van der Waals surface area contributed by atoms with Gasteiger partial charge in [-0.15, -0.1) is 0 Å². The quantitative estimate of drug-likeness (QED) is 0.508. The summed E-state index contributed by atoms with van der Waals surface area (Å²) in [6.07, 6.45) is -0.0649. The molecule has 1 aliphatic carbocycles. The van der Waals surface area contributed by atoms with Crippen LogP contribution in [-0.2, 0) is 23.8 Å². The first-order valence-electron chi connectivity index (χ1n) is 5.15. The normalized spacial score (nSPS) is 32.3. The number of carbonyl (C=O) groups excluding carboxylic acids is 3. The lowest BCUT2D eigenvalue weighted by Crippen LogP contribution is -2.36. The molecule has 0 aromatic carbocycles. The fraction of sp³-hybridized carbons (Fsp3) is 0.700. The number of hydrogen-bond acceptors (Lipinski definition) is 6. The highest BCUT2D eigenvalue weighted by molar-refractivity contribution is 6.32. The Morgan fingerprint density at radius 1 is 1.25 bits per heavy atom. The van der Waals surface area contributed by atoms with Crippen LogP contribution in [0.15, 0.2) is 0 Å². The summed E-state index contributed by atoms with van der Waals surface area (Å²) < 4.78 is 14.8. The molecular formula is C10H12O6. The van der Waals surface area contributed by atoms with Gasteiger partial charge in [-0.3, -0.25) is 4.79 Å². The predicted molar refractivity (Wildman–Crippen MR) is 49.6 cm³/mol. The monoisotopic (exact) mass is 228 g/mol. The van der Waals surface area contributed by atoms with Gasteiger partial charge in [-0.1, -0.05) is 0 Å². The van der Waals surface area contributed by atoms with Crippen molar-refractivity contribution in [1.29, 1.82) is 0 Å². The van der Waals surface area contributed by atoms with E-state index in [1.807, 2.05) is 0 Å². The molecule has 2 rings (SSSR count). The van der Waals surface area contributed by atoms with Gasteiger partial charge in [0.25, 0.3) is 0 Å². The molecule has 0 radical (unpaired) electrons. The molecule has 3 unspecified atom stereocenters. The molecule has 88 valence electrons. The molecule has 0 aromatic rings. The second kappa shape index (κ2) is 4.11. The summed E-state index contributed by atoms with van der Waals surface area (Å²) in [6.45, 7) is 1.16. The van der Waals surface area contributed by atoms with E-state index in [1.54, 1.807) is 0 Å². The van der Waals surface area contributed by atoms with Crippen LogP contribution in [0.2, 0.25) is 0 Å². The average Bonchev–Trinajstić information content (AvgIpc) is 2.57. The largest absolute Gasteiger partial charge is 0.509 e. The second-order valence-corrected chi connectivity index (χ2v) is 3.96. The molecule has 1 aliphatic heterocycles. The van der Waals surface area contributed by atoms with Gasteiger partial charge in [0, 0.05) is 13.3 Å². The van der Waals surface area contributed by atoms with E-state index in [0.717, 1.165) is 6.92 Å². The lowest BCUT2D eigenvalue weighted by atomic mass is 9.92. The number of ether oxygens (including phenoxy) is 3. The standard InChI is InChI=1S/C10H12O6/c1-5(11)9(12)14-6-2-3-7-8(4-6)16-10(13)15-7/h6-8H,2-4H2,1H3. The number of fused-ring (bicyclic) bond motifs is 1. The minimum atomic E-state index is -0.839. The highest BCUT2D eigenvalue weighted by Gasteiger charge is 2.42. The Hall–Kier alpha value is -1.59. The molecule has 1 saturated heterocycles. The summed E-state index contributed by atoms with van der Waals surface area (Å²) in [4.78, 5) is 32.6. The fourth-order valence-corrected chi connectivity index (χ4v) is 1.94. The zero-order valence-corrected chi connectivity index (χ0v) is 8.80. The Kier molecular flexibility index (Phi) is 2.80. The minimum absolute atomic E-state index is 0.236. The molecule has 6 nitrogen and oxygen atoms in total. The van der Waals surface area contributed by atoms with E-state index in [9.17, 15) is 14.4 Å². The van der Waals surface area contributed by atoms with Crippen LogP contribution >= 0.6 is 0 Å². The van der Waals surface area contributed by atoms with E-state index in [1.165, 1.54) is 0 Å². The molecule has 1 heterocycles. The van der Waals surface area contributed by atoms with Crippen LogP contribution in [0, 0.1) is 0 Å². The number of carbonyl (C=O) groups is 3. The smallest absolute Gasteiger partial charge is 0.457 e. The van der Waals surface area contributed by atoms with Crippen LogP contribution in [0.4, 0.5) is 4.79 Å². The minimum Gasteiger partial charge on any atom is -0.457 e. The first-order valence-corrected chi connectivity index (χ1v) is 5.15. The van der Waals surface area contributed by atoms with Gasteiger partial charge in [-0.25, -0.2) is 9.59 Å². The molecule has 16 heavy (non-hydrogen) atoms. The van der Waals surface area contributed by atoms with Crippen LogP contribution < -0.4 is 0 Å². The van der Waals surface area contributed by atoms with E-state index < -0.39 is 17.9 Å². The highest BCUT2D eigenvalue weighted by atomic mass is 16.8. The Bertz CT molecular complexity index is 336. The molecule has 2 aliphatic rings. The molecule has 1 saturated carbocycles. The third kappa shape index (κ3) is 2.15. The zero-order chi connectivity index (χ0) is 11.7. The molecule has 6 heteroatoms. The Labute approximate surface area is 91.8 Å². The Morgan fingerprint density at radius 2 is 1.94 bits per heavy atom. The average molecular weight is 228 g/mol. The van der Waals surface area contributed by atoms with Crippen molar-refractivity contribution in [2.75, 3.05) is 0 Å². The number of hydrogen-bond donors (Lipinski definition) is 0. The van der Waals surface area contributed by atoms with Gasteiger partial charge >= 0.3 is 12.1 Å². The second-order valence-electron chi connectivity index (χ2n) is 3.96. The summed E-state index contributed by atoms with van der Waals surface area (Å²) in [6, 6.07) is 0. The van der Waals surface area contributed by atoms with Crippen molar-refractivity contribution < 1.29 is 28.6 Å². The van der Waals surface area contributed by atoms with Gasteiger partial charge in [0.2, 0.25) is 5.78 Å². The third-order valence-electron chi connectivity index (χ3n) is 2.74. The van der Waals surface area contributed by atoms with Gasteiger partial charge in [-0.2, -0.15) is 0 Å². The zero-order valence-electron chi connectivity index (χ0n) is 8.80. The van der Waals surface area contributed by atoms with Crippen LogP contribution in [0.3, 0.4) is 0 Å². The SMILES string of the molecule is CC(=O)C(=O)OC1CCC2OC(=O)OC2C1. The van der Waals surface area contributed by atoms with E-state index in [4.69, 9.17) is 14.2 Å². The van der Waals surface area contributed by atoms with Gasteiger partial charge in [0.1, 0.15) is 18.3 Å². The molecule has 0 spiro atoms. The predicted octanol–water partition coefficient (Wildman–Crippen LogP) is 0.575. The van der Waals surface area contributed by atoms with Crippen molar-refractivity contribution in [2.24, 2.45) is 0 Å². The van der Waals surface area contributed by atoms with E-state index in [2.05, 4.69) is 0 Å². The van der Waals surface area contributed by atoms with Crippen LogP contribution in [0.25, 0.3) is 0 Å². The number of Topliss-reactive ketones (excluding diaryl/α,β-unsaturated/α-hetero) is 1. The molecule has 0 aromatic heterocycles. The van der Waals surface area contributed by atoms with Gasteiger partial charge in [0.15, 0.2) is 0 Å². The summed E-state index contributed by atoms with van der Waals surface area (Å²) >= 11 is 0. The topological polar surface area (TPSA) is 78.9 Å². The van der Waals surface area contributed by atoms with Crippen molar-refractivity contribution >= 4 is 17.9 Å². The third-order valence-corrected chi connectivity index (χ3v) is 2.74. The summed E-state index contributed by atoms with van der Waals surface area (Å²) in [5.74, 6) is -1.46. The highest BCUT2D eigenvalue weighted by Crippen LogP contribution is 2.30. The van der Waals surface area contributed by atoms with Gasteiger partial charge in [-0.05, 0) is 12.8 Å². The van der Waals surface area contributed by atoms with Crippen LogP contribution in [-0.4, -0.2) is 36.2 Å². The fourth-order valence-electron chi connectivity index (χ4n) is 1.94. The first-order chi connectivity index (χ1) is 7.56. The maximum atomic E-state index is 11.1. The summed E-state index contributed by atoms with van der Waals surface area (Å²) in [5, 5.41) is 0. The van der Waals surface area contributed by atoms with Gasteiger partial charge in [0.05, 0.1) is 0 Å². The molecule has 0 bridgehead atoms. The van der Waals surface area contributed by atoms with E-state index in [0.29, 0.717) is 19.3 Å². The van der Waals surface area contributed by atoms with Crippen molar-refractivity contribution in [1.82, 2.24) is 0 Å². The van der Waals surface area contributed by atoms with Crippen molar-refractivity contribution in [2.45, 2.75) is 44.5 Å². The molecule has 3 atom stereocenters. The Morgan fingerprint density at radius 3 is 2.62 bits per heavy atom. The number of esters is 1. The maximum Gasteiger partial charge on any atom is 0.509 e. The summed E-state index contributed by atoms with van der Waals surface area (Å²) in [5.41, 5.74) is 0. The van der Waals surface area contributed by atoms with E-state index in [-0.39, 0.29) is 18.3 Å². The number of rotatable bonds is 2. The summed E-state index contributed by atoms with van der Waals surface area (Å²) in [7, 11) is 0. The van der Waals surface area contributed by atoms with Crippen molar-refractivity contribution in [3.8, 4) is 0 Å². The lowest BCUT2D eigenvalue weighted by molar-refractivity contribution is -0.159. The molecule has 2 fully saturated rings. The Balaban J connectivity index is 1.89. The van der Waals surface area contributed by atoms with Crippen molar-refractivity contribution in [3.05, 3.63) is 0 Å². The number of ketones is 1. The van der Waals surface area contributed by atoms with E-state index >= 15 is 0 Å². The first kappa shape index (κ1) is 10.9. The molecule has 0 amide bonds. The van der Waals surface area contributed by atoms with Gasteiger partial charge < -0.3 is 14.2 Å². The van der Waals surface area contributed by atoms with Crippen molar-refractivity contribution in [3.63, 3.8) is 0 Å². The molecule has 0 N–H and O–H groups in total. The lowest BCUT2D eigenvalue weighted by Gasteiger charge is -2.27. The molecular weight excluding hydrogens is 216 g/mol. The van der Waals surface area contributed by atoms with Crippen LogP contribution in [0.1, 0.15) is 26.2 Å².